The number of hydrogen-bond acceptors (Lipinski definition) is 4. The Kier molecular flexibility index (Phi) is 6.79. The molecule has 8 heteroatoms. The molecule has 0 saturated heterocycles. The topological polar surface area (TPSA) is 119 Å². The molecule has 0 aliphatic rings. The summed E-state index contributed by atoms with van der Waals surface area (Å²) >= 11 is 0. The number of aromatic nitrogens is 2. The third-order valence-corrected chi connectivity index (χ3v) is 4.73. The third-order valence-electron chi connectivity index (χ3n) is 4.73. The number of amides is 3. The minimum Gasteiger partial charge on any atom is -0.351 e. The van der Waals surface area contributed by atoms with Crippen LogP contribution in [0.25, 0.3) is 10.8 Å². The van der Waals surface area contributed by atoms with Crippen LogP contribution in [0.3, 0.4) is 0 Å². The van der Waals surface area contributed by atoms with E-state index in [-0.39, 0.29) is 23.7 Å². The lowest BCUT2D eigenvalue weighted by molar-refractivity contribution is 0.0945. The maximum absolute atomic E-state index is 12.9. The van der Waals surface area contributed by atoms with Gasteiger partial charge in [-0.1, -0.05) is 50.1 Å². The van der Waals surface area contributed by atoms with Crippen molar-refractivity contribution in [2.75, 3.05) is 5.32 Å². The molecule has 0 saturated carbocycles. The molecule has 0 unspecified atom stereocenters. The second-order valence-electron chi connectivity index (χ2n) is 7.00. The molecule has 0 fully saturated rings. The summed E-state index contributed by atoms with van der Waals surface area (Å²) in [7, 11) is 0. The first-order chi connectivity index (χ1) is 14.5. The predicted molar refractivity (Wildman–Crippen MR) is 116 cm³/mol. The van der Waals surface area contributed by atoms with Crippen molar-refractivity contribution < 1.29 is 9.59 Å². The minimum atomic E-state index is -0.636. The van der Waals surface area contributed by atoms with Crippen LogP contribution in [0.4, 0.5) is 10.5 Å². The summed E-state index contributed by atoms with van der Waals surface area (Å²) < 4.78 is 1.39. The molecule has 0 aliphatic carbocycles. The van der Waals surface area contributed by atoms with Gasteiger partial charge in [-0.2, -0.15) is 5.10 Å². The number of fused-ring (bicyclic) bond motifs is 1. The van der Waals surface area contributed by atoms with Crippen molar-refractivity contribution in [3.05, 3.63) is 70.1 Å². The van der Waals surface area contributed by atoms with Crippen LogP contribution in [0.15, 0.2) is 53.3 Å². The van der Waals surface area contributed by atoms with Crippen molar-refractivity contribution in [3.63, 3.8) is 0 Å². The number of anilines is 1. The third kappa shape index (κ3) is 5.02. The van der Waals surface area contributed by atoms with Gasteiger partial charge in [0, 0.05) is 24.2 Å². The van der Waals surface area contributed by atoms with Crippen LogP contribution in [0.2, 0.25) is 0 Å². The number of urea groups is 1. The fourth-order valence-corrected chi connectivity index (χ4v) is 3.18. The van der Waals surface area contributed by atoms with Gasteiger partial charge >= 0.3 is 6.03 Å². The molecule has 1 aromatic heterocycles. The molecule has 0 spiro atoms. The van der Waals surface area contributed by atoms with Gasteiger partial charge < -0.3 is 16.4 Å². The van der Waals surface area contributed by atoms with Gasteiger partial charge in [0.05, 0.1) is 5.39 Å². The first kappa shape index (κ1) is 21.0. The van der Waals surface area contributed by atoms with Gasteiger partial charge in [-0.05, 0) is 30.2 Å². The minimum absolute atomic E-state index is 0.184. The van der Waals surface area contributed by atoms with E-state index in [0.29, 0.717) is 23.0 Å². The Balaban J connectivity index is 1.80. The number of unbranched alkanes of at least 4 members (excludes halogenated alkanes) is 2. The van der Waals surface area contributed by atoms with Crippen molar-refractivity contribution in [2.24, 2.45) is 5.73 Å². The predicted octanol–water partition coefficient (Wildman–Crippen LogP) is 3.01. The smallest absolute Gasteiger partial charge is 0.316 e. The van der Waals surface area contributed by atoms with Crippen LogP contribution in [0.1, 0.15) is 42.2 Å². The highest BCUT2D eigenvalue weighted by atomic mass is 16.2. The van der Waals surface area contributed by atoms with Crippen molar-refractivity contribution in [3.8, 4) is 0 Å². The van der Waals surface area contributed by atoms with E-state index in [4.69, 9.17) is 5.73 Å². The van der Waals surface area contributed by atoms with Crippen LogP contribution < -0.4 is 21.9 Å². The Labute approximate surface area is 174 Å². The fraction of sp³-hybridized carbons (Fsp3) is 0.273. The number of carbonyl (C=O) groups excluding carboxylic acids is 2. The summed E-state index contributed by atoms with van der Waals surface area (Å²) in [6.07, 6.45) is 2.85. The maximum atomic E-state index is 12.9. The number of primary amides is 1. The van der Waals surface area contributed by atoms with Gasteiger partial charge in [0.1, 0.15) is 0 Å². The highest BCUT2D eigenvalue weighted by molar-refractivity contribution is 6.04. The molecule has 2 aromatic carbocycles. The van der Waals surface area contributed by atoms with E-state index in [9.17, 15) is 14.4 Å². The van der Waals surface area contributed by atoms with Gasteiger partial charge in [0.2, 0.25) is 0 Å². The molecule has 3 rings (SSSR count). The summed E-state index contributed by atoms with van der Waals surface area (Å²) in [5.41, 5.74) is 6.56. The molecule has 8 nitrogen and oxygen atoms in total. The van der Waals surface area contributed by atoms with Gasteiger partial charge in [0.15, 0.2) is 5.69 Å². The van der Waals surface area contributed by atoms with Crippen LogP contribution in [0.5, 0.6) is 0 Å². The van der Waals surface area contributed by atoms with Crippen molar-refractivity contribution in [2.45, 2.75) is 39.3 Å². The number of aryl methyl sites for hydroxylation is 1. The normalized spacial score (nSPS) is 10.7. The summed E-state index contributed by atoms with van der Waals surface area (Å²) in [4.78, 5) is 36.5. The molecule has 0 aliphatic heterocycles. The Bertz CT molecular complexity index is 1110. The van der Waals surface area contributed by atoms with Gasteiger partial charge in [0.25, 0.3) is 11.5 Å². The molecule has 0 atom stereocenters. The van der Waals surface area contributed by atoms with Gasteiger partial charge in [-0.3, -0.25) is 9.59 Å². The molecule has 3 aromatic rings. The zero-order valence-electron chi connectivity index (χ0n) is 16.9. The number of nitrogens with one attached hydrogen (secondary N) is 2. The first-order valence-corrected chi connectivity index (χ1v) is 9.93. The average molecular weight is 407 g/mol. The van der Waals surface area contributed by atoms with Gasteiger partial charge in [-0.15, -0.1) is 0 Å². The molecule has 4 N–H and O–H groups in total. The van der Waals surface area contributed by atoms with Crippen molar-refractivity contribution in [1.29, 1.82) is 0 Å². The summed E-state index contributed by atoms with van der Waals surface area (Å²) in [5.74, 6) is -0.352. The highest BCUT2D eigenvalue weighted by Gasteiger charge is 2.16. The quantitative estimate of drug-likeness (QED) is 0.497. The lowest BCUT2D eigenvalue weighted by atomic mass is 10.1. The maximum Gasteiger partial charge on any atom is 0.316 e. The number of hydrogen-bond donors (Lipinski definition) is 3. The van der Waals surface area contributed by atoms with Crippen LogP contribution in [-0.4, -0.2) is 21.7 Å². The van der Waals surface area contributed by atoms with E-state index in [1.165, 1.54) is 4.68 Å². The zero-order chi connectivity index (χ0) is 21.5. The molecule has 0 bridgehead atoms. The summed E-state index contributed by atoms with van der Waals surface area (Å²) in [5, 5.41) is 10.7. The second kappa shape index (κ2) is 9.69. The van der Waals surface area contributed by atoms with E-state index < -0.39 is 6.03 Å². The average Bonchev–Trinajstić information content (AvgIpc) is 2.74. The van der Waals surface area contributed by atoms with E-state index >= 15 is 0 Å². The second-order valence-corrected chi connectivity index (χ2v) is 7.00. The Morgan fingerprint density at radius 1 is 1.03 bits per heavy atom. The number of benzene rings is 2. The lowest BCUT2D eigenvalue weighted by Crippen LogP contribution is -2.30. The van der Waals surface area contributed by atoms with E-state index in [1.54, 1.807) is 48.5 Å². The molecule has 0 radical (unpaired) electrons. The number of rotatable bonds is 8. The van der Waals surface area contributed by atoms with Crippen LogP contribution in [0, 0.1) is 0 Å². The molecule has 1 heterocycles. The molecule has 30 heavy (non-hydrogen) atoms. The zero-order valence-corrected chi connectivity index (χ0v) is 16.9. The van der Waals surface area contributed by atoms with E-state index in [0.717, 1.165) is 24.8 Å². The standard InChI is InChI=1S/C22H25N5O3/c1-2-3-6-13-27-21(29)18-8-5-4-7-17(18)19(26-27)20(28)24-14-15-9-11-16(12-10-15)25-22(23)30/h4-5,7-12H,2-3,6,13-14H2,1H3,(H,24,28)(H3,23,25,30). The van der Waals surface area contributed by atoms with Crippen LogP contribution >= 0.6 is 0 Å². The van der Waals surface area contributed by atoms with Gasteiger partial charge in [-0.25, -0.2) is 9.48 Å². The molecular weight excluding hydrogens is 382 g/mol. The largest absolute Gasteiger partial charge is 0.351 e. The Hall–Kier alpha value is -3.68. The molecule has 3 amide bonds. The summed E-state index contributed by atoms with van der Waals surface area (Å²) in [6.45, 7) is 2.85. The Morgan fingerprint density at radius 2 is 1.73 bits per heavy atom. The monoisotopic (exact) mass is 407 g/mol. The fourth-order valence-electron chi connectivity index (χ4n) is 3.18. The first-order valence-electron chi connectivity index (χ1n) is 9.93. The number of carbonyl (C=O) groups is 2. The SMILES string of the molecule is CCCCCn1nc(C(=O)NCc2ccc(NC(N)=O)cc2)c2ccccc2c1=O. The molecule has 156 valence electrons. The lowest BCUT2D eigenvalue weighted by Gasteiger charge is -2.11. The van der Waals surface area contributed by atoms with E-state index in [1.807, 2.05) is 0 Å². The number of nitrogens with two attached hydrogens (primary N) is 1. The van der Waals surface area contributed by atoms with Crippen molar-refractivity contribution in [1.82, 2.24) is 15.1 Å². The van der Waals surface area contributed by atoms with Crippen molar-refractivity contribution >= 4 is 28.4 Å². The number of nitrogens with zero attached hydrogens (tertiary/aromatic N) is 2. The Morgan fingerprint density at radius 3 is 2.40 bits per heavy atom. The highest BCUT2D eigenvalue weighted by Crippen LogP contribution is 2.14. The van der Waals surface area contributed by atoms with Crippen LogP contribution in [-0.2, 0) is 13.1 Å². The summed E-state index contributed by atoms with van der Waals surface area (Å²) in [6, 6.07) is 13.3. The molecular formula is C22H25N5O3. The van der Waals surface area contributed by atoms with E-state index in [2.05, 4.69) is 22.7 Å².